The summed E-state index contributed by atoms with van der Waals surface area (Å²) in [5.41, 5.74) is -0.351. The fraction of sp³-hybridized carbons (Fsp3) is 0.767. The predicted molar refractivity (Wildman–Crippen MR) is 161 cm³/mol. The summed E-state index contributed by atoms with van der Waals surface area (Å²) in [6.07, 6.45) is 3.04. The SMILES string of the molecule is CCC1CCC(NC[C@H]2O[C@@H](n3cnc4c(NC(=O)OC(C)(C)C)ncnc43)[C@@H]3OC(C)(C)O[C@@H]32)CN1C(=O)OC(C)(C)C. The summed E-state index contributed by atoms with van der Waals surface area (Å²) in [6.45, 7) is 17.9. The van der Waals surface area contributed by atoms with Gasteiger partial charge in [-0.05, 0) is 74.7 Å². The Kier molecular flexibility index (Phi) is 8.84. The van der Waals surface area contributed by atoms with E-state index in [9.17, 15) is 9.59 Å². The molecule has 2 aromatic heterocycles. The van der Waals surface area contributed by atoms with E-state index < -0.39 is 35.4 Å². The van der Waals surface area contributed by atoms with Crippen LogP contribution in [0.2, 0.25) is 0 Å². The molecule has 2 amide bonds. The van der Waals surface area contributed by atoms with Crippen LogP contribution in [0.4, 0.5) is 15.4 Å². The van der Waals surface area contributed by atoms with Crippen molar-refractivity contribution in [2.24, 2.45) is 0 Å². The van der Waals surface area contributed by atoms with E-state index in [4.69, 9.17) is 23.7 Å². The van der Waals surface area contributed by atoms with Crippen molar-refractivity contribution < 1.29 is 33.3 Å². The van der Waals surface area contributed by atoms with Crippen LogP contribution in [0.3, 0.4) is 0 Å². The summed E-state index contributed by atoms with van der Waals surface area (Å²) in [7, 11) is 0. The van der Waals surface area contributed by atoms with Crippen molar-refractivity contribution >= 4 is 29.2 Å². The standard InChI is InChI=1S/C30H47N7O7/c1-10-18-12-11-17(14-36(18)27(39)44-29(5,6)7)31-13-19-21-22(42-30(8,9)41-21)25(40-19)37-16-34-20-23(32-15-33-24(20)37)35-26(38)43-28(2,3)4/h15-19,21-22,25,31H,10-14H2,1-9H3,(H,32,33,35,38)/t17?,18?,19-,21-,22-,25-/m1/s1. The lowest BCUT2D eigenvalue weighted by atomic mass is 9.96. The Balaban J connectivity index is 1.30. The lowest BCUT2D eigenvalue weighted by molar-refractivity contribution is -0.195. The van der Waals surface area contributed by atoms with Gasteiger partial charge in [-0.1, -0.05) is 6.92 Å². The van der Waals surface area contributed by atoms with E-state index in [1.807, 2.05) is 39.5 Å². The number of imidazole rings is 1. The van der Waals surface area contributed by atoms with E-state index in [0.29, 0.717) is 24.3 Å². The highest BCUT2D eigenvalue weighted by atomic mass is 16.8. The first kappa shape index (κ1) is 32.3. The molecule has 0 spiro atoms. The second kappa shape index (κ2) is 12.0. The van der Waals surface area contributed by atoms with Crippen molar-refractivity contribution in [1.82, 2.24) is 29.7 Å². The predicted octanol–water partition coefficient (Wildman–Crippen LogP) is 4.36. The van der Waals surface area contributed by atoms with Crippen LogP contribution in [0.5, 0.6) is 0 Å². The quantitative estimate of drug-likeness (QED) is 0.476. The number of aromatic nitrogens is 4. The minimum Gasteiger partial charge on any atom is -0.444 e. The third kappa shape index (κ3) is 7.24. The molecule has 3 saturated heterocycles. The molecule has 2 aromatic rings. The number of anilines is 1. The molecule has 14 heteroatoms. The van der Waals surface area contributed by atoms with Gasteiger partial charge in [0.2, 0.25) is 0 Å². The van der Waals surface area contributed by atoms with Gasteiger partial charge in [-0.25, -0.2) is 24.5 Å². The average molecular weight is 618 g/mol. The molecular weight excluding hydrogens is 570 g/mol. The molecule has 3 aliphatic rings. The monoisotopic (exact) mass is 617 g/mol. The number of nitrogens with zero attached hydrogens (tertiary/aromatic N) is 5. The van der Waals surface area contributed by atoms with E-state index in [-0.39, 0.29) is 36.2 Å². The van der Waals surface area contributed by atoms with Crippen molar-refractivity contribution in [3.8, 4) is 0 Å². The molecule has 0 aromatic carbocycles. The normalized spacial score (nSPS) is 28.6. The molecule has 0 saturated carbocycles. The summed E-state index contributed by atoms with van der Waals surface area (Å²) in [5.74, 6) is -0.575. The molecule has 0 aliphatic carbocycles. The van der Waals surface area contributed by atoms with Gasteiger partial charge >= 0.3 is 12.2 Å². The average Bonchev–Trinajstić information content (AvgIpc) is 3.56. The molecule has 5 heterocycles. The Morgan fingerprint density at radius 1 is 1.02 bits per heavy atom. The third-order valence-electron chi connectivity index (χ3n) is 7.79. The molecule has 0 radical (unpaired) electrons. The van der Waals surface area contributed by atoms with E-state index in [2.05, 4.69) is 32.5 Å². The second-order valence-corrected chi connectivity index (χ2v) is 14.2. The number of likely N-dealkylation sites (tertiary alicyclic amines) is 1. The van der Waals surface area contributed by atoms with Crippen LogP contribution in [0.25, 0.3) is 11.2 Å². The molecule has 3 fully saturated rings. The van der Waals surface area contributed by atoms with Gasteiger partial charge in [0.25, 0.3) is 0 Å². The lowest BCUT2D eigenvalue weighted by Gasteiger charge is -2.40. The third-order valence-corrected chi connectivity index (χ3v) is 7.79. The highest BCUT2D eigenvalue weighted by molar-refractivity contribution is 5.93. The molecule has 6 atom stereocenters. The number of ether oxygens (including phenoxy) is 5. The Morgan fingerprint density at radius 3 is 2.41 bits per heavy atom. The molecule has 14 nitrogen and oxygen atoms in total. The van der Waals surface area contributed by atoms with Crippen LogP contribution in [-0.2, 0) is 23.7 Å². The maximum absolute atomic E-state index is 13.0. The van der Waals surface area contributed by atoms with Crippen molar-refractivity contribution in [3.05, 3.63) is 12.7 Å². The van der Waals surface area contributed by atoms with Gasteiger partial charge in [0, 0.05) is 25.2 Å². The van der Waals surface area contributed by atoms with Gasteiger partial charge in [-0.2, -0.15) is 0 Å². The van der Waals surface area contributed by atoms with Gasteiger partial charge in [0.15, 0.2) is 29.0 Å². The topological polar surface area (TPSA) is 151 Å². The van der Waals surface area contributed by atoms with Gasteiger partial charge in [-0.15, -0.1) is 0 Å². The van der Waals surface area contributed by atoms with Crippen LogP contribution >= 0.6 is 0 Å². The van der Waals surface area contributed by atoms with Crippen molar-refractivity contribution in [2.75, 3.05) is 18.4 Å². The number of piperidine rings is 1. The first-order chi connectivity index (χ1) is 20.5. The van der Waals surface area contributed by atoms with Gasteiger partial charge in [0.05, 0.1) is 6.33 Å². The van der Waals surface area contributed by atoms with E-state index >= 15 is 0 Å². The lowest BCUT2D eigenvalue weighted by Crippen LogP contribution is -2.55. The number of nitrogens with one attached hydrogen (secondary N) is 2. The number of rotatable bonds is 6. The van der Waals surface area contributed by atoms with E-state index in [1.54, 1.807) is 31.7 Å². The molecule has 5 rings (SSSR count). The largest absolute Gasteiger partial charge is 0.444 e. The molecule has 44 heavy (non-hydrogen) atoms. The fourth-order valence-electron chi connectivity index (χ4n) is 6.02. The second-order valence-electron chi connectivity index (χ2n) is 14.2. The highest BCUT2D eigenvalue weighted by Crippen LogP contribution is 2.44. The number of fused-ring (bicyclic) bond motifs is 2. The Labute approximate surface area is 258 Å². The van der Waals surface area contributed by atoms with Crippen LogP contribution in [-0.4, -0.2) is 97.1 Å². The fourth-order valence-corrected chi connectivity index (χ4v) is 6.02. The van der Waals surface area contributed by atoms with Gasteiger partial charge in [0.1, 0.15) is 35.8 Å². The maximum atomic E-state index is 13.0. The number of carbonyl (C=O) groups excluding carboxylic acids is 2. The zero-order valence-electron chi connectivity index (χ0n) is 27.2. The summed E-state index contributed by atoms with van der Waals surface area (Å²) >= 11 is 0. The van der Waals surface area contributed by atoms with Crippen molar-refractivity contribution in [1.29, 1.82) is 0 Å². The molecule has 244 valence electrons. The summed E-state index contributed by atoms with van der Waals surface area (Å²) in [5, 5.41) is 6.30. The smallest absolute Gasteiger partial charge is 0.413 e. The Bertz CT molecular complexity index is 1350. The maximum Gasteiger partial charge on any atom is 0.413 e. The number of carbonyl (C=O) groups is 2. The number of hydrogen-bond acceptors (Lipinski definition) is 11. The summed E-state index contributed by atoms with van der Waals surface area (Å²) in [6, 6.07) is 0.225. The van der Waals surface area contributed by atoms with E-state index in [1.165, 1.54) is 6.33 Å². The summed E-state index contributed by atoms with van der Waals surface area (Å²) in [4.78, 5) is 40.4. The zero-order valence-corrected chi connectivity index (χ0v) is 27.2. The molecule has 3 aliphatic heterocycles. The van der Waals surface area contributed by atoms with Crippen molar-refractivity contribution in [3.63, 3.8) is 0 Å². The zero-order chi connectivity index (χ0) is 32.0. The molecular formula is C30H47N7O7. The first-order valence-corrected chi connectivity index (χ1v) is 15.4. The van der Waals surface area contributed by atoms with Crippen LogP contribution in [0.15, 0.2) is 12.7 Å². The molecule has 2 unspecified atom stereocenters. The number of amides is 2. The van der Waals surface area contributed by atoms with Gasteiger partial charge in [-0.3, -0.25) is 9.88 Å². The Morgan fingerprint density at radius 2 is 1.73 bits per heavy atom. The summed E-state index contributed by atoms with van der Waals surface area (Å²) < 4.78 is 32.1. The van der Waals surface area contributed by atoms with Crippen LogP contribution in [0.1, 0.15) is 87.8 Å². The van der Waals surface area contributed by atoms with Gasteiger partial charge < -0.3 is 33.9 Å². The number of hydrogen-bond donors (Lipinski definition) is 2. The minimum absolute atomic E-state index is 0.0741. The minimum atomic E-state index is -0.808. The van der Waals surface area contributed by atoms with Crippen molar-refractivity contribution in [2.45, 2.75) is 135 Å². The first-order valence-electron chi connectivity index (χ1n) is 15.4. The van der Waals surface area contributed by atoms with Crippen LogP contribution in [0, 0.1) is 0 Å². The molecule has 2 N–H and O–H groups in total. The Hall–Kier alpha value is -3.07. The molecule has 0 bridgehead atoms. The van der Waals surface area contributed by atoms with E-state index in [0.717, 1.165) is 19.3 Å². The van der Waals surface area contributed by atoms with Crippen LogP contribution < -0.4 is 10.6 Å². The highest BCUT2D eigenvalue weighted by Gasteiger charge is 2.56.